The molecule has 0 unspecified atom stereocenters. The van der Waals surface area contributed by atoms with Gasteiger partial charge in [-0.15, -0.1) is 23.7 Å². The third-order valence-corrected chi connectivity index (χ3v) is 13.8. The fourth-order valence-corrected chi connectivity index (χ4v) is 9.69. The second-order valence-corrected chi connectivity index (χ2v) is 21.5. The number of esters is 2. The maximum absolute atomic E-state index is 12.7. The number of carbonyl (C=O) groups is 4. The number of benzene rings is 2. The molecule has 2 aromatic carbocycles. The molecule has 4 aliphatic rings. The van der Waals surface area contributed by atoms with E-state index < -0.39 is 41.1 Å². The Kier molecular flexibility index (Phi) is 19.4. The van der Waals surface area contributed by atoms with Crippen LogP contribution in [0.15, 0.2) is 60.7 Å². The second kappa shape index (κ2) is 24.5. The number of ether oxygens (including phenoxy) is 4. The Hall–Kier alpha value is -5.56. The number of carboxylic acids is 2. The Morgan fingerprint density at radius 2 is 1.20 bits per heavy atom. The Morgan fingerprint density at radius 1 is 0.714 bits per heavy atom. The van der Waals surface area contributed by atoms with Crippen molar-refractivity contribution in [3.63, 3.8) is 0 Å². The summed E-state index contributed by atoms with van der Waals surface area (Å²) in [4.78, 5) is 47.2. The number of hydrogen-bond acceptors (Lipinski definition) is 10. The van der Waals surface area contributed by atoms with Crippen LogP contribution >= 0.6 is 0 Å². The number of carbonyl (C=O) groups excluding carboxylic acids is 2. The molecule has 12 atom stereocenters. The SMILES string of the molecule is CC#CC[C@H](C)[C@@H](/C=C/[C@@H]1[C@H]2c3cccc(CCCC(=O)O)c3O[C@H]2C[C@H]1O)OC(=O)C(C)(C)C.CC#CC[C@H](C)[C@H](O)/C=C/[C@@H]1[C@H]2c3cccc(CCCC(=O)O)c3O[C@H]2C[C@H]1OC(=O)C(C)(C)C. The molecule has 2 aliphatic heterocycles. The first kappa shape index (κ1) is 55.4. The van der Waals surface area contributed by atoms with Gasteiger partial charge in [-0.1, -0.05) is 68.5 Å². The molecule has 2 saturated carbocycles. The molecule has 0 amide bonds. The first-order valence-corrected chi connectivity index (χ1v) is 25.0. The highest BCUT2D eigenvalue weighted by Gasteiger charge is 2.52. The molecule has 6 rings (SSSR count). The van der Waals surface area contributed by atoms with Crippen LogP contribution in [0.2, 0.25) is 0 Å². The second-order valence-electron chi connectivity index (χ2n) is 21.5. The van der Waals surface area contributed by atoms with Crippen molar-refractivity contribution in [1.82, 2.24) is 0 Å². The fraction of sp³-hybridized carbons (Fsp3) is 0.586. The third-order valence-electron chi connectivity index (χ3n) is 13.8. The van der Waals surface area contributed by atoms with E-state index in [1.165, 1.54) is 0 Å². The molecule has 2 fully saturated rings. The van der Waals surface area contributed by atoms with Gasteiger partial charge in [0.15, 0.2) is 0 Å². The van der Waals surface area contributed by atoms with Crippen molar-refractivity contribution in [1.29, 1.82) is 0 Å². The maximum Gasteiger partial charge on any atom is 0.311 e. The number of aliphatic hydroxyl groups is 2. The number of aryl methyl sites for hydroxylation is 2. The Morgan fingerprint density at radius 3 is 1.70 bits per heavy atom. The molecule has 12 heteroatoms. The Balaban J connectivity index is 0.000000261. The maximum atomic E-state index is 12.7. The lowest BCUT2D eigenvalue weighted by Gasteiger charge is -2.26. The first-order chi connectivity index (χ1) is 33.0. The van der Waals surface area contributed by atoms with Gasteiger partial charge in [-0.25, -0.2) is 0 Å². The van der Waals surface area contributed by atoms with E-state index in [1.807, 2.05) is 116 Å². The lowest BCUT2D eigenvalue weighted by atomic mass is 9.85. The van der Waals surface area contributed by atoms with Gasteiger partial charge in [0, 0.05) is 79.2 Å². The zero-order chi connectivity index (χ0) is 51.5. The van der Waals surface area contributed by atoms with Gasteiger partial charge in [0.2, 0.25) is 0 Å². The van der Waals surface area contributed by atoms with E-state index in [0.29, 0.717) is 51.4 Å². The minimum absolute atomic E-state index is 0.000353. The summed E-state index contributed by atoms with van der Waals surface area (Å²) in [7, 11) is 0. The topological polar surface area (TPSA) is 186 Å². The van der Waals surface area contributed by atoms with Crippen LogP contribution in [-0.2, 0) is 41.5 Å². The van der Waals surface area contributed by atoms with Crippen LogP contribution in [0.1, 0.15) is 155 Å². The molecule has 0 radical (unpaired) electrons. The lowest BCUT2D eigenvalue weighted by molar-refractivity contribution is -0.160. The van der Waals surface area contributed by atoms with Gasteiger partial charge < -0.3 is 39.4 Å². The summed E-state index contributed by atoms with van der Waals surface area (Å²) in [6, 6.07) is 12.0. The van der Waals surface area contributed by atoms with E-state index in [0.717, 1.165) is 33.8 Å². The van der Waals surface area contributed by atoms with Crippen molar-refractivity contribution in [2.75, 3.05) is 0 Å². The van der Waals surface area contributed by atoms with E-state index in [4.69, 9.17) is 29.2 Å². The Bertz CT molecular complexity index is 2340. The van der Waals surface area contributed by atoms with Crippen molar-refractivity contribution in [3.05, 3.63) is 83.0 Å². The molecule has 12 nitrogen and oxygen atoms in total. The molecule has 0 bridgehead atoms. The summed E-state index contributed by atoms with van der Waals surface area (Å²) in [5.74, 6) is 11.1. The van der Waals surface area contributed by atoms with Crippen LogP contribution in [0, 0.1) is 58.2 Å². The summed E-state index contributed by atoms with van der Waals surface area (Å²) in [5, 5.41) is 39.5. The Labute approximate surface area is 415 Å². The number of fused-ring (bicyclic) bond motifs is 6. The van der Waals surface area contributed by atoms with Crippen LogP contribution < -0.4 is 9.47 Å². The highest BCUT2D eigenvalue weighted by atomic mass is 16.6. The zero-order valence-corrected chi connectivity index (χ0v) is 42.8. The van der Waals surface area contributed by atoms with E-state index in [9.17, 15) is 29.4 Å². The summed E-state index contributed by atoms with van der Waals surface area (Å²) in [5.41, 5.74) is 2.91. The smallest absolute Gasteiger partial charge is 0.311 e. The van der Waals surface area contributed by atoms with Gasteiger partial charge in [-0.3, -0.25) is 19.2 Å². The van der Waals surface area contributed by atoms with E-state index in [-0.39, 0.29) is 78.6 Å². The summed E-state index contributed by atoms with van der Waals surface area (Å²) >= 11 is 0. The number of carboxylic acid groups (broad SMARTS) is 2. The molecule has 0 spiro atoms. The number of hydrogen-bond donors (Lipinski definition) is 4. The van der Waals surface area contributed by atoms with Gasteiger partial charge in [0.05, 0.1) is 23.0 Å². The summed E-state index contributed by atoms with van der Waals surface area (Å²) in [6.45, 7) is 18.6. The number of para-hydroxylation sites is 2. The van der Waals surface area contributed by atoms with Crippen molar-refractivity contribution >= 4 is 23.9 Å². The fourth-order valence-electron chi connectivity index (χ4n) is 9.69. The van der Waals surface area contributed by atoms with Gasteiger partial charge in [0.1, 0.15) is 35.9 Å². The van der Waals surface area contributed by atoms with Gasteiger partial charge >= 0.3 is 23.9 Å². The normalized spacial score (nSPS) is 24.6. The van der Waals surface area contributed by atoms with Crippen LogP contribution in [0.5, 0.6) is 11.5 Å². The molecule has 70 heavy (non-hydrogen) atoms. The zero-order valence-electron chi connectivity index (χ0n) is 42.8. The number of rotatable bonds is 18. The predicted molar refractivity (Wildman–Crippen MR) is 268 cm³/mol. The molecule has 0 aromatic heterocycles. The minimum Gasteiger partial charge on any atom is -0.489 e. The molecule has 2 heterocycles. The molecule has 2 aliphatic carbocycles. The van der Waals surface area contributed by atoms with Gasteiger partial charge in [-0.05, 0) is 104 Å². The number of aliphatic hydroxyl groups excluding tert-OH is 2. The highest BCUT2D eigenvalue weighted by molar-refractivity contribution is 5.76. The van der Waals surface area contributed by atoms with Crippen molar-refractivity contribution in [2.45, 2.75) is 182 Å². The average Bonchev–Trinajstić information content (AvgIpc) is 4.02. The molecular weight excluding hydrogens is 889 g/mol. The first-order valence-electron chi connectivity index (χ1n) is 25.0. The summed E-state index contributed by atoms with van der Waals surface area (Å²) < 4.78 is 24.6. The largest absolute Gasteiger partial charge is 0.489 e. The van der Waals surface area contributed by atoms with E-state index >= 15 is 0 Å². The molecule has 2 aromatic rings. The standard InChI is InChI=1S/2C29H38O6/c1-6-7-10-18(2)23(35-28(33)29(3,4)5)16-15-20-22(30)17-24-26(20)21-13-8-11-19(27(21)34-24)12-9-14-25(31)32;1-6-7-10-18(2)22(30)16-15-20-23(35-28(33)29(3,4)5)17-24-26(20)21-13-8-11-19(27(21)34-24)12-9-14-25(31)32/h2*8,11,13,15-16,18,20,22-24,26,30H,9-10,12,14,17H2,1-5H3,(H,31,32)/b2*16-15+/t2*18-,20-,22+,23+,24-,26-/m00/s1. The monoisotopic (exact) mass is 965 g/mol. The minimum atomic E-state index is -0.804. The average molecular weight is 965 g/mol. The van der Waals surface area contributed by atoms with Crippen molar-refractivity contribution in [3.8, 4) is 35.2 Å². The van der Waals surface area contributed by atoms with E-state index in [1.54, 1.807) is 13.8 Å². The molecule has 4 N–H and O–H groups in total. The van der Waals surface area contributed by atoms with Gasteiger partial charge in [0.25, 0.3) is 0 Å². The van der Waals surface area contributed by atoms with Crippen LogP contribution in [0.25, 0.3) is 0 Å². The lowest BCUT2D eigenvalue weighted by Crippen LogP contribution is -2.31. The highest BCUT2D eigenvalue weighted by Crippen LogP contribution is 2.54. The van der Waals surface area contributed by atoms with Crippen LogP contribution in [0.4, 0.5) is 0 Å². The molecule has 0 saturated heterocycles. The van der Waals surface area contributed by atoms with Crippen LogP contribution in [0.3, 0.4) is 0 Å². The van der Waals surface area contributed by atoms with Crippen molar-refractivity contribution < 1.29 is 58.6 Å². The quantitative estimate of drug-likeness (QED) is 0.0631. The van der Waals surface area contributed by atoms with Crippen molar-refractivity contribution in [2.24, 2.45) is 34.5 Å². The number of aliphatic carboxylic acids is 2. The predicted octanol–water partition coefficient (Wildman–Crippen LogP) is 9.77. The summed E-state index contributed by atoms with van der Waals surface area (Å²) in [6.07, 6.45) is 10.3. The molecular formula is C58H76O12. The van der Waals surface area contributed by atoms with Crippen LogP contribution in [-0.4, -0.2) is 80.9 Å². The molecule has 380 valence electrons. The van der Waals surface area contributed by atoms with E-state index in [2.05, 4.69) is 23.7 Å². The van der Waals surface area contributed by atoms with Gasteiger partial charge in [-0.2, -0.15) is 0 Å². The third kappa shape index (κ3) is 14.3.